The third kappa shape index (κ3) is 2.25. The largest absolute Gasteiger partial charge is 0.368 e. The fourth-order valence-corrected chi connectivity index (χ4v) is 2.18. The molecule has 1 amide bonds. The first-order chi connectivity index (χ1) is 8.95. The van der Waals surface area contributed by atoms with Gasteiger partial charge in [-0.1, -0.05) is 11.6 Å². The topological polar surface area (TPSA) is 71.8 Å². The van der Waals surface area contributed by atoms with E-state index in [0.29, 0.717) is 10.9 Å². The smallest absolute Gasteiger partial charge is 0.278 e. The molecule has 0 unspecified atom stereocenters. The minimum atomic E-state index is -2.77. The van der Waals surface area contributed by atoms with Crippen LogP contribution in [0.25, 0.3) is 10.9 Å². The first-order valence-corrected chi connectivity index (χ1v) is 5.61. The number of primary amides is 1. The van der Waals surface area contributed by atoms with E-state index in [1.54, 1.807) is 0 Å². The van der Waals surface area contributed by atoms with E-state index < -0.39 is 12.3 Å². The summed E-state index contributed by atoms with van der Waals surface area (Å²) in [5, 5.41) is 9.24. The van der Waals surface area contributed by atoms with Gasteiger partial charge in [-0.3, -0.25) is 4.79 Å². The highest BCUT2D eigenvalue weighted by Gasteiger charge is 2.20. The molecule has 0 fully saturated rings. The zero-order chi connectivity index (χ0) is 14.2. The summed E-state index contributed by atoms with van der Waals surface area (Å²) in [6.07, 6.45) is -2.77. The molecule has 0 bridgehead atoms. The lowest BCUT2D eigenvalue weighted by Gasteiger charge is -2.07. The molecular formula is C12H8ClF2N3O. The maximum atomic E-state index is 12.9. The van der Waals surface area contributed by atoms with Crippen molar-refractivity contribution in [1.82, 2.24) is 4.57 Å². The molecule has 7 heteroatoms. The highest BCUT2D eigenvalue weighted by molar-refractivity contribution is 6.36. The number of amides is 1. The standard InChI is InChI=1S/C12H8ClF2N3O/c13-11-6(4-16)1-2-8-7(11)3-9(12(14)15)18(8)5-10(17)19/h1-3,12H,5H2,(H2,17,19). The average Bonchev–Trinajstić information content (AvgIpc) is 2.69. The highest BCUT2D eigenvalue weighted by Crippen LogP contribution is 2.33. The van der Waals surface area contributed by atoms with Gasteiger partial charge in [-0.25, -0.2) is 8.78 Å². The van der Waals surface area contributed by atoms with Gasteiger partial charge in [-0.05, 0) is 18.2 Å². The molecule has 0 saturated carbocycles. The zero-order valence-electron chi connectivity index (χ0n) is 9.53. The van der Waals surface area contributed by atoms with Gasteiger partial charge in [0, 0.05) is 5.39 Å². The summed E-state index contributed by atoms with van der Waals surface area (Å²) in [6, 6.07) is 5.92. The predicted molar refractivity (Wildman–Crippen MR) is 65.8 cm³/mol. The predicted octanol–water partition coefficient (Wildman–Crippen LogP) is 2.59. The summed E-state index contributed by atoms with van der Waals surface area (Å²) in [4.78, 5) is 11.0. The van der Waals surface area contributed by atoms with Crippen LogP contribution in [0.15, 0.2) is 18.2 Å². The van der Waals surface area contributed by atoms with Crippen LogP contribution in [0.4, 0.5) is 8.78 Å². The Morgan fingerprint density at radius 2 is 2.21 bits per heavy atom. The maximum Gasteiger partial charge on any atom is 0.278 e. The van der Waals surface area contributed by atoms with Gasteiger partial charge >= 0.3 is 0 Å². The molecule has 0 spiro atoms. The number of hydrogen-bond donors (Lipinski definition) is 1. The summed E-state index contributed by atoms with van der Waals surface area (Å²) >= 11 is 5.97. The lowest BCUT2D eigenvalue weighted by atomic mass is 10.1. The fraction of sp³-hybridized carbons (Fsp3) is 0.167. The second-order valence-electron chi connectivity index (χ2n) is 3.89. The van der Waals surface area contributed by atoms with Crippen molar-refractivity contribution in [3.63, 3.8) is 0 Å². The number of hydrogen-bond acceptors (Lipinski definition) is 2. The summed E-state index contributed by atoms with van der Waals surface area (Å²) in [6.45, 7) is -0.370. The molecule has 0 aliphatic carbocycles. The van der Waals surface area contributed by atoms with Gasteiger partial charge in [0.05, 0.1) is 21.8 Å². The maximum absolute atomic E-state index is 12.9. The third-order valence-corrected chi connectivity index (χ3v) is 3.12. The molecule has 2 rings (SSSR count). The average molecular weight is 284 g/mol. The number of nitrogens with two attached hydrogens (primary N) is 1. The van der Waals surface area contributed by atoms with Crippen molar-refractivity contribution in [2.75, 3.05) is 0 Å². The number of fused-ring (bicyclic) bond motifs is 1. The van der Waals surface area contributed by atoms with Gasteiger partial charge in [0.2, 0.25) is 5.91 Å². The third-order valence-electron chi connectivity index (χ3n) is 2.71. The number of nitriles is 1. The van der Waals surface area contributed by atoms with E-state index in [1.807, 2.05) is 6.07 Å². The SMILES string of the molecule is N#Cc1ccc2c(cc(C(F)F)n2CC(N)=O)c1Cl. The van der Waals surface area contributed by atoms with Crippen molar-refractivity contribution in [2.45, 2.75) is 13.0 Å². The Labute approximate surface area is 112 Å². The van der Waals surface area contributed by atoms with Crippen LogP contribution in [-0.2, 0) is 11.3 Å². The Morgan fingerprint density at radius 3 is 2.74 bits per heavy atom. The molecule has 1 aromatic heterocycles. The van der Waals surface area contributed by atoms with Crippen molar-refractivity contribution in [3.05, 3.63) is 34.5 Å². The molecule has 0 aliphatic heterocycles. The number of halogens is 3. The fourth-order valence-electron chi connectivity index (χ4n) is 1.92. The summed E-state index contributed by atoms with van der Waals surface area (Å²) in [7, 11) is 0. The van der Waals surface area contributed by atoms with Gasteiger partial charge in [-0.2, -0.15) is 5.26 Å². The van der Waals surface area contributed by atoms with Gasteiger partial charge in [-0.15, -0.1) is 0 Å². The second-order valence-corrected chi connectivity index (χ2v) is 4.27. The van der Waals surface area contributed by atoms with E-state index in [2.05, 4.69) is 0 Å². The molecule has 0 aliphatic rings. The van der Waals surface area contributed by atoms with Gasteiger partial charge in [0.15, 0.2) is 0 Å². The first-order valence-electron chi connectivity index (χ1n) is 5.24. The molecule has 4 nitrogen and oxygen atoms in total. The Hall–Kier alpha value is -2.13. The molecule has 1 aromatic carbocycles. The van der Waals surface area contributed by atoms with Crippen molar-refractivity contribution < 1.29 is 13.6 Å². The molecular weight excluding hydrogens is 276 g/mol. The minimum Gasteiger partial charge on any atom is -0.368 e. The van der Waals surface area contributed by atoms with E-state index in [0.717, 1.165) is 4.57 Å². The first kappa shape index (κ1) is 13.3. The quantitative estimate of drug-likeness (QED) is 0.940. The normalized spacial score (nSPS) is 10.9. The van der Waals surface area contributed by atoms with E-state index in [-0.39, 0.29) is 22.8 Å². The number of nitrogens with zero attached hydrogens (tertiary/aromatic N) is 2. The summed E-state index contributed by atoms with van der Waals surface area (Å²) in [5.41, 5.74) is 5.22. The molecule has 0 radical (unpaired) electrons. The Morgan fingerprint density at radius 1 is 1.53 bits per heavy atom. The van der Waals surface area contributed by atoms with Crippen LogP contribution in [0.3, 0.4) is 0 Å². The molecule has 98 valence electrons. The molecule has 0 saturated heterocycles. The lowest BCUT2D eigenvalue weighted by Crippen LogP contribution is -2.20. The summed E-state index contributed by atoms with van der Waals surface area (Å²) in [5.74, 6) is -0.736. The number of carbonyl (C=O) groups is 1. The Balaban J connectivity index is 2.77. The van der Waals surface area contributed by atoms with Crippen molar-refractivity contribution in [2.24, 2.45) is 5.73 Å². The van der Waals surface area contributed by atoms with Crippen LogP contribution in [0.5, 0.6) is 0 Å². The van der Waals surface area contributed by atoms with Gasteiger partial charge in [0.1, 0.15) is 12.6 Å². The Bertz CT molecular complexity index is 703. The monoisotopic (exact) mass is 283 g/mol. The van der Waals surface area contributed by atoms with Gasteiger partial charge in [0.25, 0.3) is 6.43 Å². The van der Waals surface area contributed by atoms with Crippen LogP contribution < -0.4 is 5.73 Å². The van der Waals surface area contributed by atoms with Gasteiger partial charge < -0.3 is 10.3 Å². The van der Waals surface area contributed by atoms with Crippen LogP contribution in [0.2, 0.25) is 5.02 Å². The minimum absolute atomic E-state index is 0.0881. The molecule has 1 heterocycles. The molecule has 0 atom stereocenters. The van der Waals surface area contributed by atoms with Crippen LogP contribution in [0, 0.1) is 11.3 Å². The number of benzene rings is 1. The zero-order valence-corrected chi connectivity index (χ0v) is 10.3. The second kappa shape index (κ2) is 4.86. The Kier molecular flexibility index (Phi) is 3.40. The molecule has 2 N–H and O–H groups in total. The van der Waals surface area contributed by atoms with Crippen molar-refractivity contribution >= 4 is 28.4 Å². The van der Waals surface area contributed by atoms with E-state index in [4.69, 9.17) is 22.6 Å². The molecule has 2 aromatic rings. The van der Waals surface area contributed by atoms with Crippen molar-refractivity contribution in [3.8, 4) is 6.07 Å². The lowest BCUT2D eigenvalue weighted by molar-refractivity contribution is -0.118. The summed E-state index contributed by atoms with van der Waals surface area (Å²) < 4.78 is 27.0. The number of rotatable bonds is 3. The number of carbonyl (C=O) groups excluding carboxylic acids is 1. The molecule has 19 heavy (non-hydrogen) atoms. The van der Waals surface area contributed by atoms with Crippen LogP contribution in [-0.4, -0.2) is 10.5 Å². The van der Waals surface area contributed by atoms with E-state index >= 15 is 0 Å². The van der Waals surface area contributed by atoms with E-state index in [1.165, 1.54) is 18.2 Å². The van der Waals surface area contributed by atoms with Crippen LogP contribution >= 0.6 is 11.6 Å². The highest BCUT2D eigenvalue weighted by atomic mass is 35.5. The van der Waals surface area contributed by atoms with E-state index in [9.17, 15) is 13.6 Å². The van der Waals surface area contributed by atoms with Crippen molar-refractivity contribution in [1.29, 1.82) is 5.26 Å². The number of alkyl halides is 2. The van der Waals surface area contributed by atoms with Crippen LogP contribution in [0.1, 0.15) is 17.7 Å². The number of aromatic nitrogens is 1.